The van der Waals surface area contributed by atoms with Crippen LogP contribution in [0.5, 0.6) is 0 Å². The Bertz CT molecular complexity index is 1210. The van der Waals surface area contributed by atoms with Crippen molar-refractivity contribution in [2.45, 2.75) is 6.42 Å². The third-order valence-corrected chi connectivity index (χ3v) is 4.83. The minimum atomic E-state index is -1.57. The van der Waals surface area contributed by atoms with Gasteiger partial charge in [-0.05, 0) is 30.3 Å². The van der Waals surface area contributed by atoms with Crippen LogP contribution in [0.1, 0.15) is 5.69 Å². The van der Waals surface area contributed by atoms with Gasteiger partial charge in [-0.15, -0.1) is 0 Å². The number of ketones is 1. The fraction of sp³-hybridized carbons (Fsp3) is 0.150. The highest BCUT2D eigenvalue weighted by molar-refractivity contribution is 6.45. The lowest BCUT2D eigenvalue weighted by atomic mass is 9.97. The quantitative estimate of drug-likeness (QED) is 0.340. The second kappa shape index (κ2) is 9.06. The highest BCUT2D eigenvalue weighted by atomic mass is 35.5. The number of aromatic amines is 1. The fourth-order valence-electron chi connectivity index (χ4n) is 2.76. The molecule has 0 fully saturated rings. The Labute approximate surface area is 180 Å². The molecule has 1 aromatic heterocycles. The maximum Gasteiger partial charge on any atom is 0.317 e. The molecule has 0 aliphatic rings. The molecule has 0 unspecified atom stereocenters. The first-order valence-electron chi connectivity index (χ1n) is 8.66. The molecule has 3 aromatic rings. The number of carbonyl (C=O) groups excluding carboxylic acids is 3. The van der Waals surface area contributed by atoms with Gasteiger partial charge in [-0.2, -0.15) is 0 Å². The maximum absolute atomic E-state index is 12.7. The van der Waals surface area contributed by atoms with E-state index in [4.69, 9.17) is 23.2 Å². The lowest BCUT2D eigenvalue weighted by Crippen LogP contribution is -2.37. The normalized spacial score (nSPS) is 11.7. The third kappa shape index (κ3) is 4.67. The Morgan fingerprint density at radius 1 is 1.17 bits per heavy atom. The van der Waals surface area contributed by atoms with Crippen molar-refractivity contribution in [3.8, 4) is 0 Å². The van der Waals surface area contributed by atoms with Crippen LogP contribution in [0.25, 0.3) is 11.0 Å². The van der Waals surface area contributed by atoms with E-state index >= 15 is 0 Å². The van der Waals surface area contributed by atoms with Gasteiger partial charge in [0.2, 0.25) is 5.78 Å². The molecule has 0 aliphatic carbocycles. The summed E-state index contributed by atoms with van der Waals surface area (Å²) >= 11 is 11.9. The summed E-state index contributed by atoms with van der Waals surface area (Å²) in [6.07, 6.45) is -0.414. The van der Waals surface area contributed by atoms with Gasteiger partial charge >= 0.3 is 5.97 Å². The van der Waals surface area contributed by atoms with E-state index in [1.54, 1.807) is 24.3 Å². The molecule has 1 atom stereocenters. The Balaban J connectivity index is 1.89. The summed E-state index contributed by atoms with van der Waals surface area (Å²) in [7, 11) is 1.08. The molecule has 154 valence electrons. The van der Waals surface area contributed by atoms with Gasteiger partial charge in [0.15, 0.2) is 0 Å². The predicted octanol–water partition coefficient (Wildman–Crippen LogP) is 2.77. The molecule has 8 nitrogen and oxygen atoms in total. The van der Waals surface area contributed by atoms with Crippen molar-refractivity contribution in [1.82, 2.24) is 9.97 Å². The molecule has 0 aliphatic heterocycles. The number of anilines is 1. The van der Waals surface area contributed by atoms with Crippen molar-refractivity contribution in [2.75, 3.05) is 12.4 Å². The standard InChI is InChI=1S/C20H15Cl2N3O5/c1-30-20(29)11(9-16-18(27)24-14-5-3-2-4-13(14)23-16)17(26)19(28)25-15-8-10(21)6-7-12(15)22/h2-8,11H,9H2,1H3,(H,24,27)(H,25,28)/t11-/m0/s1. The number of Topliss-reactive ketones (excluding diaryl/α,β-unsaturated/α-hetero) is 1. The summed E-state index contributed by atoms with van der Waals surface area (Å²) in [5, 5.41) is 2.77. The first-order chi connectivity index (χ1) is 14.3. The van der Waals surface area contributed by atoms with E-state index < -0.39 is 35.6 Å². The second-order valence-corrected chi connectivity index (χ2v) is 7.10. The number of nitrogens with zero attached hydrogens (tertiary/aromatic N) is 1. The first-order valence-corrected chi connectivity index (χ1v) is 9.41. The van der Waals surface area contributed by atoms with Crippen LogP contribution >= 0.6 is 23.2 Å². The van der Waals surface area contributed by atoms with Crippen LogP contribution in [0, 0.1) is 5.92 Å². The molecule has 2 N–H and O–H groups in total. The summed E-state index contributed by atoms with van der Waals surface area (Å²) in [5.41, 5.74) is 0.423. The fourth-order valence-corrected chi connectivity index (χ4v) is 3.10. The molecule has 0 radical (unpaired) electrons. The van der Waals surface area contributed by atoms with Gasteiger partial charge in [-0.3, -0.25) is 19.2 Å². The molecule has 0 saturated carbocycles. The molecule has 10 heteroatoms. The number of benzene rings is 2. The molecular formula is C20H15Cl2N3O5. The summed E-state index contributed by atoms with van der Waals surface area (Å²) < 4.78 is 4.65. The number of carbonyl (C=O) groups is 3. The Hall–Kier alpha value is -3.23. The van der Waals surface area contributed by atoms with Gasteiger partial charge < -0.3 is 15.0 Å². The van der Waals surface area contributed by atoms with Crippen molar-refractivity contribution in [3.63, 3.8) is 0 Å². The van der Waals surface area contributed by atoms with Crippen molar-refractivity contribution in [2.24, 2.45) is 5.92 Å². The first kappa shape index (κ1) is 21.5. The van der Waals surface area contributed by atoms with E-state index in [0.717, 1.165) is 7.11 Å². The summed E-state index contributed by atoms with van der Waals surface area (Å²) in [6, 6.07) is 11.1. The lowest BCUT2D eigenvalue weighted by Gasteiger charge is -2.14. The lowest BCUT2D eigenvalue weighted by molar-refractivity contribution is -0.152. The van der Waals surface area contributed by atoms with Gasteiger partial charge in [0, 0.05) is 11.4 Å². The van der Waals surface area contributed by atoms with Gasteiger partial charge in [-0.1, -0.05) is 35.3 Å². The van der Waals surface area contributed by atoms with E-state index in [1.807, 2.05) is 0 Å². The second-order valence-electron chi connectivity index (χ2n) is 6.25. The van der Waals surface area contributed by atoms with Gasteiger partial charge in [-0.25, -0.2) is 4.98 Å². The van der Waals surface area contributed by atoms with E-state index in [9.17, 15) is 19.2 Å². The van der Waals surface area contributed by atoms with Crippen molar-refractivity contribution in [1.29, 1.82) is 0 Å². The highest BCUT2D eigenvalue weighted by Gasteiger charge is 2.34. The zero-order valence-electron chi connectivity index (χ0n) is 15.6. The number of aromatic nitrogens is 2. The monoisotopic (exact) mass is 447 g/mol. The SMILES string of the molecule is COC(=O)[C@@H](Cc1nc2ccccc2[nH]c1=O)C(=O)C(=O)Nc1cc(Cl)ccc1Cl. The molecule has 1 heterocycles. The molecule has 1 amide bonds. The number of methoxy groups -OCH3 is 1. The minimum Gasteiger partial charge on any atom is -0.468 e. The summed E-state index contributed by atoms with van der Waals surface area (Å²) in [5.74, 6) is -4.75. The largest absolute Gasteiger partial charge is 0.468 e. The topological polar surface area (TPSA) is 118 Å². The zero-order chi connectivity index (χ0) is 21.8. The Morgan fingerprint density at radius 2 is 1.90 bits per heavy atom. The van der Waals surface area contributed by atoms with Crippen molar-refractivity contribution < 1.29 is 19.1 Å². The van der Waals surface area contributed by atoms with Gasteiger partial charge in [0.1, 0.15) is 11.6 Å². The number of nitrogens with one attached hydrogen (secondary N) is 2. The van der Waals surface area contributed by atoms with E-state index in [1.165, 1.54) is 18.2 Å². The average molecular weight is 448 g/mol. The Morgan fingerprint density at radius 3 is 2.63 bits per heavy atom. The van der Waals surface area contributed by atoms with Crippen LogP contribution in [0.3, 0.4) is 0 Å². The molecule has 0 spiro atoms. The molecule has 2 aromatic carbocycles. The minimum absolute atomic E-state index is 0.0777. The number of hydrogen-bond acceptors (Lipinski definition) is 6. The summed E-state index contributed by atoms with van der Waals surface area (Å²) in [4.78, 5) is 56.5. The van der Waals surface area contributed by atoms with Crippen LogP contribution in [-0.2, 0) is 25.5 Å². The van der Waals surface area contributed by atoms with Crippen molar-refractivity contribution in [3.05, 3.63) is 68.6 Å². The number of para-hydroxylation sites is 2. The van der Waals surface area contributed by atoms with Crippen molar-refractivity contribution >= 4 is 57.6 Å². The number of H-pyrrole nitrogens is 1. The number of esters is 1. The number of hydrogen-bond donors (Lipinski definition) is 2. The zero-order valence-corrected chi connectivity index (χ0v) is 17.1. The Kier molecular flexibility index (Phi) is 6.49. The van der Waals surface area contributed by atoms with Crippen LogP contribution in [0.4, 0.5) is 5.69 Å². The van der Waals surface area contributed by atoms with E-state index in [2.05, 4.69) is 20.0 Å². The van der Waals surface area contributed by atoms with Gasteiger partial charge in [0.25, 0.3) is 11.5 Å². The molecule has 30 heavy (non-hydrogen) atoms. The molecule has 0 bridgehead atoms. The van der Waals surface area contributed by atoms with Crippen LogP contribution in [-0.4, -0.2) is 34.7 Å². The highest BCUT2D eigenvalue weighted by Crippen LogP contribution is 2.25. The third-order valence-electron chi connectivity index (χ3n) is 4.27. The molecule has 0 saturated heterocycles. The number of rotatable bonds is 6. The van der Waals surface area contributed by atoms with Crippen LogP contribution in [0.15, 0.2) is 47.3 Å². The number of ether oxygens (including phenoxy) is 1. The van der Waals surface area contributed by atoms with Crippen LogP contribution < -0.4 is 10.9 Å². The smallest absolute Gasteiger partial charge is 0.317 e. The molecular weight excluding hydrogens is 433 g/mol. The number of fused-ring (bicyclic) bond motifs is 1. The van der Waals surface area contributed by atoms with E-state index in [-0.39, 0.29) is 16.4 Å². The van der Waals surface area contributed by atoms with Crippen LogP contribution in [0.2, 0.25) is 10.0 Å². The average Bonchev–Trinajstić information content (AvgIpc) is 2.73. The van der Waals surface area contributed by atoms with E-state index in [0.29, 0.717) is 16.1 Å². The predicted molar refractivity (Wildman–Crippen MR) is 112 cm³/mol. The molecule has 3 rings (SSSR count). The van der Waals surface area contributed by atoms with Gasteiger partial charge in [0.05, 0.1) is 28.9 Å². The number of halogens is 2. The summed E-state index contributed by atoms with van der Waals surface area (Å²) in [6.45, 7) is 0. The maximum atomic E-state index is 12.7. The number of amides is 1.